The van der Waals surface area contributed by atoms with E-state index in [0.717, 1.165) is 0 Å². The lowest BCUT2D eigenvalue weighted by molar-refractivity contribution is 0.793. The Bertz CT molecular complexity index is 593. The van der Waals surface area contributed by atoms with E-state index in [4.69, 9.17) is 0 Å². The standard InChI is InChI=1S/C20H25NS/c1-3-5-7-15-9-11-17-19(13-15)22-20-14-16(8-6-4-2)10-12-18(20)21-17/h9-14,21H,3-8H2,1-2H3. The predicted molar refractivity (Wildman–Crippen MR) is 97.5 cm³/mol. The van der Waals surface area contributed by atoms with Gasteiger partial charge in [-0.1, -0.05) is 50.6 Å². The summed E-state index contributed by atoms with van der Waals surface area (Å²) in [7, 11) is 0. The summed E-state index contributed by atoms with van der Waals surface area (Å²) in [5, 5.41) is 3.59. The molecule has 2 aromatic rings. The SMILES string of the molecule is CCCCc1ccc2c(c1)Sc1cc(CCCC)ccc1N2. The summed E-state index contributed by atoms with van der Waals surface area (Å²) in [6.07, 6.45) is 7.43. The van der Waals surface area contributed by atoms with Crippen LogP contribution in [0, 0.1) is 0 Å². The lowest BCUT2D eigenvalue weighted by Gasteiger charge is -2.22. The molecule has 0 saturated carbocycles. The molecule has 1 nitrogen and oxygen atoms in total. The number of aryl methyl sites for hydroxylation is 2. The molecule has 22 heavy (non-hydrogen) atoms. The molecule has 0 spiro atoms. The van der Waals surface area contributed by atoms with Gasteiger partial charge in [-0.25, -0.2) is 0 Å². The van der Waals surface area contributed by atoms with Gasteiger partial charge < -0.3 is 5.32 Å². The zero-order valence-corrected chi connectivity index (χ0v) is 14.4. The zero-order valence-electron chi connectivity index (χ0n) is 13.6. The van der Waals surface area contributed by atoms with Gasteiger partial charge in [0.15, 0.2) is 0 Å². The van der Waals surface area contributed by atoms with Gasteiger partial charge in [0.2, 0.25) is 0 Å². The molecule has 0 saturated heterocycles. The van der Waals surface area contributed by atoms with E-state index in [9.17, 15) is 0 Å². The summed E-state index contributed by atoms with van der Waals surface area (Å²) >= 11 is 1.92. The molecule has 0 bridgehead atoms. The summed E-state index contributed by atoms with van der Waals surface area (Å²) < 4.78 is 0. The van der Waals surface area contributed by atoms with E-state index in [-0.39, 0.29) is 0 Å². The van der Waals surface area contributed by atoms with Crippen molar-refractivity contribution in [2.24, 2.45) is 0 Å². The van der Waals surface area contributed by atoms with E-state index >= 15 is 0 Å². The second-order valence-electron chi connectivity index (χ2n) is 6.10. The molecule has 2 heteroatoms. The van der Waals surface area contributed by atoms with Crippen LogP contribution in [-0.2, 0) is 12.8 Å². The molecule has 0 atom stereocenters. The normalized spacial score (nSPS) is 12.5. The van der Waals surface area contributed by atoms with Crippen molar-refractivity contribution in [2.75, 3.05) is 5.32 Å². The maximum Gasteiger partial charge on any atom is 0.0526 e. The highest BCUT2D eigenvalue weighted by Gasteiger charge is 2.16. The third-order valence-electron chi connectivity index (χ3n) is 4.22. The van der Waals surface area contributed by atoms with Crippen LogP contribution in [0.15, 0.2) is 46.2 Å². The van der Waals surface area contributed by atoms with Crippen LogP contribution in [0.5, 0.6) is 0 Å². The fourth-order valence-electron chi connectivity index (χ4n) is 2.85. The van der Waals surface area contributed by atoms with E-state index in [1.165, 1.54) is 70.8 Å². The Morgan fingerprint density at radius 3 is 1.73 bits per heavy atom. The molecular formula is C20H25NS. The molecule has 0 aromatic heterocycles. The third kappa shape index (κ3) is 3.49. The Balaban J connectivity index is 1.80. The largest absolute Gasteiger partial charge is 0.354 e. The summed E-state index contributed by atoms with van der Waals surface area (Å²) in [6.45, 7) is 4.51. The fourth-order valence-corrected chi connectivity index (χ4v) is 3.96. The molecule has 2 aromatic carbocycles. The number of rotatable bonds is 6. The second-order valence-corrected chi connectivity index (χ2v) is 7.18. The molecule has 0 fully saturated rings. The molecule has 1 N–H and O–H groups in total. The van der Waals surface area contributed by atoms with Crippen molar-refractivity contribution in [3.63, 3.8) is 0 Å². The average molecular weight is 311 g/mol. The number of anilines is 2. The summed E-state index contributed by atoms with van der Waals surface area (Å²) in [5.74, 6) is 0. The maximum absolute atomic E-state index is 3.59. The Morgan fingerprint density at radius 2 is 1.27 bits per heavy atom. The van der Waals surface area contributed by atoms with Crippen LogP contribution in [0.3, 0.4) is 0 Å². The minimum absolute atomic E-state index is 1.19. The second kappa shape index (κ2) is 7.23. The van der Waals surface area contributed by atoms with Gasteiger partial charge in [-0.2, -0.15) is 0 Å². The van der Waals surface area contributed by atoms with Crippen molar-refractivity contribution in [3.05, 3.63) is 47.5 Å². The van der Waals surface area contributed by atoms with Crippen LogP contribution in [0.2, 0.25) is 0 Å². The van der Waals surface area contributed by atoms with Gasteiger partial charge >= 0.3 is 0 Å². The molecule has 0 radical (unpaired) electrons. The summed E-state index contributed by atoms with van der Waals surface area (Å²) in [4.78, 5) is 2.74. The highest BCUT2D eigenvalue weighted by Crippen LogP contribution is 2.44. The van der Waals surface area contributed by atoms with Crippen molar-refractivity contribution < 1.29 is 0 Å². The van der Waals surface area contributed by atoms with Crippen LogP contribution in [0.1, 0.15) is 50.7 Å². The van der Waals surface area contributed by atoms with Gasteiger partial charge in [0.1, 0.15) is 0 Å². The van der Waals surface area contributed by atoms with Crippen molar-refractivity contribution in [1.29, 1.82) is 0 Å². The lowest BCUT2D eigenvalue weighted by Crippen LogP contribution is -2.01. The smallest absolute Gasteiger partial charge is 0.0526 e. The minimum Gasteiger partial charge on any atom is -0.354 e. The number of hydrogen-bond acceptors (Lipinski definition) is 2. The van der Waals surface area contributed by atoms with Crippen molar-refractivity contribution in [1.82, 2.24) is 0 Å². The van der Waals surface area contributed by atoms with Gasteiger partial charge in [0, 0.05) is 9.79 Å². The Hall–Kier alpha value is -1.41. The van der Waals surface area contributed by atoms with Crippen LogP contribution < -0.4 is 5.32 Å². The first kappa shape index (κ1) is 15.5. The average Bonchev–Trinajstić information content (AvgIpc) is 2.56. The summed E-state index contributed by atoms with van der Waals surface area (Å²) in [5.41, 5.74) is 5.42. The van der Waals surface area contributed by atoms with Crippen molar-refractivity contribution in [2.45, 2.75) is 62.2 Å². The molecule has 0 amide bonds. The van der Waals surface area contributed by atoms with Crippen LogP contribution in [-0.4, -0.2) is 0 Å². The first-order valence-corrected chi connectivity index (χ1v) is 9.32. The van der Waals surface area contributed by atoms with Crippen LogP contribution >= 0.6 is 11.8 Å². The lowest BCUT2D eigenvalue weighted by atomic mass is 10.1. The van der Waals surface area contributed by atoms with E-state index < -0.39 is 0 Å². The number of unbranched alkanes of at least 4 members (excludes halogenated alkanes) is 2. The van der Waals surface area contributed by atoms with E-state index in [2.05, 4.69) is 55.6 Å². The number of fused-ring (bicyclic) bond motifs is 2. The first-order valence-electron chi connectivity index (χ1n) is 8.51. The highest BCUT2D eigenvalue weighted by atomic mass is 32.2. The van der Waals surface area contributed by atoms with Crippen molar-refractivity contribution in [3.8, 4) is 0 Å². The van der Waals surface area contributed by atoms with Gasteiger partial charge in [0.25, 0.3) is 0 Å². The topological polar surface area (TPSA) is 12.0 Å². The Kier molecular flexibility index (Phi) is 5.09. The van der Waals surface area contributed by atoms with Gasteiger partial charge in [-0.15, -0.1) is 0 Å². The quantitative estimate of drug-likeness (QED) is 0.552. The molecular weight excluding hydrogens is 286 g/mol. The zero-order chi connectivity index (χ0) is 15.4. The van der Waals surface area contributed by atoms with Crippen molar-refractivity contribution >= 4 is 23.1 Å². The number of benzene rings is 2. The molecule has 3 rings (SSSR count). The van der Waals surface area contributed by atoms with Gasteiger partial charge in [-0.3, -0.25) is 0 Å². The van der Waals surface area contributed by atoms with Gasteiger partial charge in [-0.05, 0) is 61.1 Å². The molecule has 0 aliphatic carbocycles. The molecule has 0 unspecified atom stereocenters. The van der Waals surface area contributed by atoms with E-state index in [1.54, 1.807) is 0 Å². The predicted octanol–water partition coefficient (Wildman–Crippen LogP) is 6.58. The Morgan fingerprint density at radius 1 is 0.773 bits per heavy atom. The fraction of sp³-hybridized carbons (Fsp3) is 0.400. The maximum atomic E-state index is 3.59. The van der Waals surface area contributed by atoms with E-state index in [0.29, 0.717) is 0 Å². The van der Waals surface area contributed by atoms with E-state index in [1.807, 2.05) is 11.8 Å². The summed E-state index contributed by atoms with van der Waals surface area (Å²) in [6, 6.07) is 13.7. The molecule has 1 aliphatic rings. The monoisotopic (exact) mass is 311 g/mol. The molecule has 1 heterocycles. The minimum atomic E-state index is 1.19. The Labute approximate surface area is 138 Å². The van der Waals surface area contributed by atoms with Crippen LogP contribution in [0.25, 0.3) is 0 Å². The molecule has 116 valence electrons. The number of hydrogen-bond donors (Lipinski definition) is 1. The number of nitrogens with one attached hydrogen (secondary N) is 1. The van der Waals surface area contributed by atoms with Crippen LogP contribution in [0.4, 0.5) is 11.4 Å². The van der Waals surface area contributed by atoms with Gasteiger partial charge in [0.05, 0.1) is 11.4 Å². The first-order chi connectivity index (χ1) is 10.8. The third-order valence-corrected chi connectivity index (χ3v) is 5.33. The molecule has 1 aliphatic heterocycles. The highest BCUT2D eigenvalue weighted by molar-refractivity contribution is 7.99.